The first kappa shape index (κ1) is 39.2. The molecule has 1 atom stereocenters. The Morgan fingerprint density at radius 2 is 1.08 bits per heavy atom. The number of rotatable bonds is 22. The highest BCUT2D eigenvalue weighted by molar-refractivity contribution is 6.27. The van der Waals surface area contributed by atoms with Crippen LogP contribution in [0.15, 0.2) is 0 Å². The number of hydrogen-bond acceptors (Lipinski definition) is 8. The van der Waals surface area contributed by atoms with Gasteiger partial charge in [0.2, 0.25) is 0 Å². The van der Waals surface area contributed by atoms with Gasteiger partial charge in [0.15, 0.2) is 11.2 Å². The second-order valence-electron chi connectivity index (χ2n) is 10.3. The molecule has 0 aliphatic heterocycles. The van der Waals surface area contributed by atoms with Crippen LogP contribution in [0.3, 0.4) is 0 Å². The SMILES string of the molecule is COC(=O)C(C)(C)OCCCCCCCC(=O)CCl.COC(=O)C(C)(C)OCCCCCCCC(O)CCl. The number of methoxy groups -OCH3 is 2. The molecule has 10 heteroatoms. The van der Waals surface area contributed by atoms with Crippen molar-refractivity contribution in [3.05, 3.63) is 0 Å². The molecule has 1 unspecified atom stereocenters. The first-order valence-electron chi connectivity index (χ1n) is 13.6. The summed E-state index contributed by atoms with van der Waals surface area (Å²) in [5.74, 6) is -0.146. The summed E-state index contributed by atoms with van der Waals surface area (Å²) >= 11 is 10.9. The number of hydrogen-bond donors (Lipinski definition) is 1. The molecule has 0 radical (unpaired) electrons. The molecule has 0 saturated heterocycles. The molecule has 0 saturated carbocycles. The van der Waals surface area contributed by atoms with Gasteiger partial charge in [0.1, 0.15) is 5.78 Å². The summed E-state index contributed by atoms with van der Waals surface area (Å²) in [4.78, 5) is 33.6. The maximum atomic E-state index is 11.3. The zero-order chi connectivity index (χ0) is 29.5. The van der Waals surface area contributed by atoms with Gasteiger partial charge in [0, 0.05) is 25.5 Å². The third-order valence-electron chi connectivity index (χ3n) is 5.89. The Kier molecular flexibility index (Phi) is 24.7. The van der Waals surface area contributed by atoms with Crippen LogP contribution in [0.5, 0.6) is 0 Å². The number of ether oxygens (including phenoxy) is 4. The normalized spacial score (nSPS) is 12.3. The highest BCUT2D eigenvalue weighted by atomic mass is 35.5. The lowest BCUT2D eigenvalue weighted by molar-refractivity contribution is -0.165. The molecular formula is C28H52Cl2O8. The fourth-order valence-corrected chi connectivity index (χ4v) is 3.66. The van der Waals surface area contributed by atoms with Crippen LogP contribution >= 0.6 is 23.2 Å². The van der Waals surface area contributed by atoms with E-state index in [-0.39, 0.29) is 29.7 Å². The molecule has 0 rings (SSSR count). The Labute approximate surface area is 240 Å². The molecule has 0 heterocycles. The zero-order valence-electron chi connectivity index (χ0n) is 24.5. The molecule has 0 bridgehead atoms. The third-order valence-corrected chi connectivity index (χ3v) is 6.54. The minimum atomic E-state index is -0.873. The molecule has 0 aromatic rings. The van der Waals surface area contributed by atoms with Crippen LogP contribution in [0.1, 0.15) is 105 Å². The monoisotopic (exact) mass is 586 g/mol. The number of aliphatic hydroxyl groups is 1. The van der Waals surface area contributed by atoms with Gasteiger partial charge in [0.25, 0.3) is 0 Å². The van der Waals surface area contributed by atoms with E-state index in [0.29, 0.717) is 25.5 Å². The van der Waals surface area contributed by atoms with Crippen molar-refractivity contribution >= 4 is 40.9 Å². The van der Waals surface area contributed by atoms with Crippen molar-refractivity contribution in [2.45, 2.75) is 122 Å². The maximum Gasteiger partial charge on any atom is 0.337 e. The topological polar surface area (TPSA) is 108 Å². The standard InChI is InChI=1S/C14H27ClO4.C14H25ClO4/c2*1-14(2,13(17)18-3)19-10-8-6-4-5-7-9-12(16)11-15/h12,16H,4-11H2,1-3H3;4-11H2,1-3H3. The third kappa shape index (κ3) is 21.9. The van der Waals surface area contributed by atoms with Crippen molar-refractivity contribution in [2.75, 3.05) is 39.2 Å². The second-order valence-corrected chi connectivity index (χ2v) is 10.8. The molecule has 0 spiro atoms. The molecule has 8 nitrogen and oxygen atoms in total. The Morgan fingerprint density at radius 1 is 0.684 bits per heavy atom. The zero-order valence-corrected chi connectivity index (χ0v) is 26.0. The van der Waals surface area contributed by atoms with E-state index in [0.717, 1.165) is 70.6 Å². The summed E-state index contributed by atoms with van der Waals surface area (Å²) in [6.07, 6.45) is 11.1. The van der Waals surface area contributed by atoms with E-state index in [4.69, 9.17) is 32.7 Å². The summed E-state index contributed by atoms with van der Waals surface area (Å²) in [5, 5.41) is 9.27. The van der Waals surface area contributed by atoms with Crippen molar-refractivity contribution in [3.8, 4) is 0 Å². The predicted molar refractivity (Wildman–Crippen MR) is 152 cm³/mol. The van der Waals surface area contributed by atoms with Gasteiger partial charge in [0.05, 0.1) is 26.2 Å². The van der Waals surface area contributed by atoms with E-state index in [1.165, 1.54) is 14.2 Å². The number of halogens is 2. The van der Waals surface area contributed by atoms with E-state index in [9.17, 15) is 19.5 Å². The minimum Gasteiger partial charge on any atom is -0.467 e. The van der Waals surface area contributed by atoms with Gasteiger partial charge < -0.3 is 24.1 Å². The van der Waals surface area contributed by atoms with Crippen molar-refractivity contribution in [3.63, 3.8) is 0 Å². The molecule has 226 valence electrons. The Balaban J connectivity index is 0. The number of ketones is 1. The van der Waals surface area contributed by atoms with Gasteiger partial charge in [-0.1, -0.05) is 44.9 Å². The van der Waals surface area contributed by atoms with Crippen molar-refractivity contribution in [2.24, 2.45) is 0 Å². The van der Waals surface area contributed by atoms with Gasteiger partial charge in [-0.2, -0.15) is 0 Å². The highest BCUT2D eigenvalue weighted by Gasteiger charge is 2.29. The molecule has 0 aliphatic carbocycles. The van der Waals surface area contributed by atoms with Crippen LogP contribution in [0.2, 0.25) is 0 Å². The number of unbranched alkanes of at least 4 members (excludes halogenated alkanes) is 8. The summed E-state index contributed by atoms with van der Waals surface area (Å²) in [5.41, 5.74) is -1.74. The largest absolute Gasteiger partial charge is 0.467 e. The summed E-state index contributed by atoms with van der Waals surface area (Å²) in [6.45, 7) is 7.95. The Morgan fingerprint density at radius 3 is 1.47 bits per heavy atom. The van der Waals surface area contributed by atoms with Gasteiger partial charge >= 0.3 is 11.9 Å². The van der Waals surface area contributed by atoms with Crippen molar-refractivity contribution in [1.82, 2.24) is 0 Å². The second kappa shape index (κ2) is 23.9. The number of carbonyl (C=O) groups excluding carboxylic acids is 3. The molecule has 0 fully saturated rings. The minimum absolute atomic E-state index is 0.116. The number of aliphatic hydroxyl groups excluding tert-OH is 1. The molecule has 0 amide bonds. The molecule has 0 aromatic heterocycles. The van der Waals surface area contributed by atoms with Crippen LogP contribution in [-0.2, 0) is 33.3 Å². The molecule has 0 aromatic carbocycles. The van der Waals surface area contributed by atoms with E-state index < -0.39 is 11.2 Å². The first-order chi connectivity index (χ1) is 17.9. The fourth-order valence-electron chi connectivity index (χ4n) is 3.37. The van der Waals surface area contributed by atoms with Crippen LogP contribution in [-0.4, -0.2) is 79.3 Å². The van der Waals surface area contributed by atoms with Gasteiger partial charge in [-0.05, 0) is 53.4 Å². The first-order valence-corrected chi connectivity index (χ1v) is 14.7. The van der Waals surface area contributed by atoms with Gasteiger partial charge in [-0.25, -0.2) is 9.59 Å². The number of Topliss-reactive ketones (excluding diaryl/α,β-unsaturated/α-hetero) is 1. The predicted octanol–water partition coefficient (Wildman–Crippen LogP) is 6.00. The van der Waals surface area contributed by atoms with E-state index in [1.54, 1.807) is 27.7 Å². The number of esters is 2. The fraction of sp³-hybridized carbons (Fsp3) is 0.893. The van der Waals surface area contributed by atoms with Crippen LogP contribution in [0, 0.1) is 0 Å². The van der Waals surface area contributed by atoms with Crippen LogP contribution < -0.4 is 0 Å². The quantitative estimate of drug-likeness (QED) is 0.0934. The smallest absolute Gasteiger partial charge is 0.337 e. The van der Waals surface area contributed by atoms with Crippen molar-refractivity contribution in [1.29, 1.82) is 0 Å². The average molecular weight is 588 g/mol. The Hall–Kier alpha value is -0.930. The van der Waals surface area contributed by atoms with E-state index >= 15 is 0 Å². The maximum absolute atomic E-state index is 11.3. The van der Waals surface area contributed by atoms with E-state index in [2.05, 4.69) is 9.47 Å². The van der Waals surface area contributed by atoms with Gasteiger partial charge in [-0.15, -0.1) is 23.2 Å². The van der Waals surface area contributed by atoms with Crippen molar-refractivity contribution < 1.29 is 38.4 Å². The molecular weight excluding hydrogens is 535 g/mol. The summed E-state index contributed by atoms with van der Waals surface area (Å²) in [6, 6.07) is 0. The lowest BCUT2D eigenvalue weighted by atomic mass is 10.1. The van der Waals surface area contributed by atoms with E-state index in [1.807, 2.05) is 0 Å². The lowest BCUT2D eigenvalue weighted by Crippen LogP contribution is -2.36. The van der Waals surface area contributed by atoms with Crippen LogP contribution in [0.4, 0.5) is 0 Å². The molecule has 38 heavy (non-hydrogen) atoms. The van der Waals surface area contributed by atoms with Gasteiger partial charge in [-0.3, -0.25) is 4.79 Å². The Bertz CT molecular complexity index is 626. The average Bonchev–Trinajstić information content (AvgIpc) is 2.90. The molecule has 1 N–H and O–H groups in total. The number of alkyl halides is 2. The summed E-state index contributed by atoms with van der Waals surface area (Å²) < 4.78 is 20.3. The number of carbonyl (C=O) groups is 3. The summed E-state index contributed by atoms with van der Waals surface area (Å²) in [7, 11) is 2.72. The molecule has 0 aliphatic rings. The highest BCUT2D eigenvalue weighted by Crippen LogP contribution is 2.15. The lowest BCUT2D eigenvalue weighted by Gasteiger charge is -2.22. The van der Waals surface area contributed by atoms with Crippen LogP contribution in [0.25, 0.3) is 0 Å².